The van der Waals surface area contributed by atoms with E-state index >= 15 is 0 Å². The Balaban J connectivity index is 0.00000196. The molecule has 7 heteroatoms. The van der Waals surface area contributed by atoms with Crippen LogP contribution in [0.15, 0.2) is 0 Å². The lowest BCUT2D eigenvalue weighted by Crippen LogP contribution is -3.00. The van der Waals surface area contributed by atoms with Gasteiger partial charge < -0.3 is 16.9 Å². The van der Waals surface area contributed by atoms with Gasteiger partial charge in [-0.3, -0.25) is 4.18 Å². The summed E-state index contributed by atoms with van der Waals surface area (Å²) in [4.78, 5) is 0. The summed E-state index contributed by atoms with van der Waals surface area (Å²) in [5.74, 6) is 0. The van der Waals surface area contributed by atoms with E-state index < -0.39 is 10.4 Å². The van der Waals surface area contributed by atoms with Crippen molar-refractivity contribution in [1.82, 2.24) is 0 Å². The van der Waals surface area contributed by atoms with Gasteiger partial charge in [0.25, 0.3) is 0 Å². The standard InChI is InChI=1S/C8H18NO4S.ClH/c1-9(5-3-4-6-9)7-8-13-14(10,11)12-2;/h3-8H2,1-2H3;1H/q+1;/p-1. The van der Waals surface area contributed by atoms with Gasteiger partial charge in [-0.25, -0.2) is 4.18 Å². The second-order valence-electron chi connectivity index (χ2n) is 3.89. The third-order valence-electron chi connectivity index (χ3n) is 2.71. The molecule has 1 aliphatic heterocycles. The van der Waals surface area contributed by atoms with Crippen molar-refractivity contribution in [3.8, 4) is 0 Å². The largest absolute Gasteiger partial charge is 1.00 e. The summed E-state index contributed by atoms with van der Waals surface area (Å²) < 4.78 is 31.4. The Morgan fingerprint density at radius 2 is 1.80 bits per heavy atom. The van der Waals surface area contributed by atoms with Crippen LogP contribution in [-0.2, 0) is 18.8 Å². The average Bonchev–Trinajstić information content (AvgIpc) is 2.52. The molecule has 0 saturated carbocycles. The van der Waals surface area contributed by atoms with Crippen molar-refractivity contribution in [1.29, 1.82) is 0 Å². The van der Waals surface area contributed by atoms with Crippen molar-refractivity contribution in [2.75, 3.05) is 40.4 Å². The van der Waals surface area contributed by atoms with Crippen LogP contribution in [-0.4, -0.2) is 53.3 Å². The molecule has 0 radical (unpaired) electrons. The minimum absolute atomic E-state index is 0. The Morgan fingerprint density at radius 1 is 1.27 bits per heavy atom. The molecule has 0 atom stereocenters. The second-order valence-corrected chi connectivity index (χ2v) is 5.28. The maximum atomic E-state index is 10.8. The van der Waals surface area contributed by atoms with E-state index in [9.17, 15) is 8.42 Å². The molecule has 0 spiro atoms. The summed E-state index contributed by atoms with van der Waals surface area (Å²) in [5.41, 5.74) is 0. The fourth-order valence-corrected chi connectivity index (χ4v) is 2.11. The van der Waals surface area contributed by atoms with Crippen LogP contribution in [0.5, 0.6) is 0 Å². The maximum absolute atomic E-state index is 10.8. The van der Waals surface area contributed by atoms with Gasteiger partial charge in [-0.2, -0.15) is 8.42 Å². The van der Waals surface area contributed by atoms with E-state index in [1.165, 1.54) is 12.8 Å². The molecule has 1 heterocycles. The predicted molar refractivity (Wildman–Crippen MR) is 51.9 cm³/mol. The summed E-state index contributed by atoms with van der Waals surface area (Å²) in [6.07, 6.45) is 2.43. The first-order valence-electron chi connectivity index (χ1n) is 4.76. The Labute approximate surface area is 97.7 Å². The molecule has 1 saturated heterocycles. The van der Waals surface area contributed by atoms with Crippen molar-refractivity contribution in [3.63, 3.8) is 0 Å². The summed E-state index contributed by atoms with van der Waals surface area (Å²) in [6.45, 7) is 3.14. The number of likely N-dealkylation sites (tertiary alicyclic amines) is 1. The quantitative estimate of drug-likeness (QED) is 0.499. The van der Waals surface area contributed by atoms with Crippen LogP contribution < -0.4 is 12.4 Å². The smallest absolute Gasteiger partial charge is 0.399 e. The second kappa shape index (κ2) is 6.00. The van der Waals surface area contributed by atoms with Gasteiger partial charge in [-0.1, -0.05) is 0 Å². The Kier molecular flexibility index (Phi) is 6.05. The van der Waals surface area contributed by atoms with Gasteiger partial charge in [0.15, 0.2) is 0 Å². The van der Waals surface area contributed by atoms with E-state index in [2.05, 4.69) is 15.4 Å². The lowest BCUT2D eigenvalue weighted by molar-refractivity contribution is -0.897. The summed E-state index contributed by atoms with van der Waals surface area (Å²) in [5, 5.41) is 0. The minimum Gasteiger partial charge on any atom is -1.00 e. The van der Waals surface area contributed by atoms with Gasteiger partial charge >= 0.3 is 10.4 Å². The van der Waals surface area contributed by atoms with Gasteiger partial charge in [0, 0.05) is 12.8 Å². The number of hydrogen-bond acceptors (Lipinski definition) is 4. The van der Waals surface area contributed by atoms with Gasteiger partial charge in [-0.15, -0.1) is 0 Å². The van der Waals surface area contributed by atoms with Crippen LogP contribution in [0.3, 0.4) is 0 Å². The predicted octanol–water partition coefficient (Wildman–Crippen LogP) is -2.86. The molecule has 15 heavy (non-hydrogen) atoms. The van der Waals surface area contributed by atoms with Crippen LogP contribution >= 0.6 is 0 Å². The van der Waals surface area contributed by atoms with Gasteiger partial charge in [-0.05, 0) is 0 Å². The summed E-state index contributed by atoms with van der Waals surface area (Å²) in [7, 11) is -0.528. The molecule has 0 bridgehead atoms. The molecule has 0 N–H and O–H groups in total. The minimum atomic E-state index is -3.75. The van der Waals surface area contributed by atoms with E-state index in [1.54, 1.807) is 0 Å². The zero-order chi connectivity index (χ0) is 10.7. The molecule has 1 fully saturated rings. The topological polar surface area (TPSA) is 52.6 Å². The number of quaternary nitrogens is 1. The molecule has 5 nitrogen and oxygen atoms in total. The summed E-state index contributed by atoms with van der Waals surface area (Å²) in [6, 6.07) is 0. The molecular weight excluding hydrogens is 242 g/mol. The molecular formula is C8H18ClNO4S. The van der Waals surface area contributed by atoms with Crippen LogP contribution in [0.25, 0.3) is 0 Å². The molecule has 1 aliphatic rings. The number of nitrogens with zero attached hydrogens (tertiary/aromatic N) is 1. The van der Waals surface area contributed by atoms with E-state index in [0.29, 0.717) is 0 Å². The number of rotatable bonds is 5. The van der Waals surface area contributed by atoms with Crippen molar-refractivity contribution in [2.45, 2.75) is 12.8 Å². The Hall–Kier alpha value is 0.120. The lowest BCUT2D eigenvalue weighted by atomic mass is 10.4. The highest BCUT2D eigenvalue weighted by Crippen LogP contribution is 2.15. The van der Waals surface area contributed by atoms with Crippen LogP contribution in [0.4, 0.5) is 0 Å². The SMILES string of the molecule is COS(=O)(=O)OCC[N+]1(C)CCCC1.[Cl-]. The van der Waals surface area contributed by atoms with E-state index in [0.717, 1.165) is 31.2 Å². The van der Waals surface area contributed by atoms with E-state index in [1.807, 2.05) is 0 Å². The lowest BCUT2D eigenvalue weighted by Gasteiger charge is -2.28. The molecule has 0 aromatic heterocycles. The molecule has 0 amide bonds. The van der Waals surface area contributed by atoms with Crippen LogP contribution in [0.1, 0.15) is 12.8 Å². The maximum Gasteiger partial charge on any atom is 0.399 e. The first-order valence-corrected chi connectivity index (χ1v) is 6.09. The van der Waals surface area contributed by atoms with Gasteiger partial charge in [0.1, 0.15) is 13.2 Å². The number of likely N-dealkylation sites (N-methyl/N-ethyl adjacent to an activating group) is 1. The van der Waals surface area contributed by atoms with E-state index in [4.69, 9.17) is 0 Å². The molecule has 0 aromatic carbocycles. The highest BCUT2D eigenvalue weighted by atomic mass is 35.5. The Morgan fingerprint density at radius 3 is 2.27 bits per heavy atom. The third kappa shape index (κ3) is 5.12. The number of halogens is 1. The number of hydrogen-bond donors (Lipinski definition) is 0. The molecule has 0 aliphatic carbocycles. The molecule has 1 rings (SSSR count). The normalized spacial score (nSPS) is 19.9. The average molecular weight is 260 g/mol. The zero-order valence-electron chi connectivity index (χ0n) is 9.11. The monoisotopic (exact) mass is 259 g/mol. The highest BCUT2D eigenvalue weighted by Gasteiger charge is 2.27. The van der Waals surface area contributed by atoms with E-state index in [-0.39, 0.29) is 19.0 Å². The Bertz CT molecular complexity index is 274. The molecule has 0 unspecified atom stereocenters. The van der Waals surface area contributed by atoms with Gasteiger partial charge in [0.05, 0.1) is 27.2 Å². The van der Waals surface area contributed by atoms with Gasteiger partial charge in [0.2, 0.25) is 0 Å². The fourth-order valence-electron chi connectivity index (χ4n) is 1.73. The third-order valence-corrected chi connectivity index (χ3v) is 3.57. The fraction of sp³-hybridized carbons (Fsp3) is 1.00. The summed E-state index contributed by atoms with van der Waals surface area (Å²) >= 11 is 0. The first kappa shape index (κ1) is 15.1. The van der Waals surface area contributed by atoms with Crippen molar-refractivity contribution in [2.24, 2.45) is 0 Å². The van der Waals surface area contributed by atoms with Crippen molar-refractivity contribution >= 4 is 10.4 Å². The van der Waals surface area contributed by atoms with Crippen LogP contribution in [0.2, 0.25) is 0 Å². The molecule has 0 aromatic rings. The zero-order valence-corrected chi connectivity index (χ0v) is 10.7. The van der Waals surface area contributed by atoms with Crippen LogP contribution in [0, 0.1) is 0 Å². The van der Waals surface area contributed by atoms with Crippen molar-refractivity contribution < 1.29 is 33.7 Å². The van der Waals surface area contributed by atoms with Crippen molar-refractivity contribution in [3.05, 3.63) is 0 Å². The molecule has 92 valence electrons. The first-order chi connectivity index (χ1) is 6.47. The highest BCUT2D eigenvalue weighted by molar-refractivity contribution is 7.81.